The summed E-state index contributed by atoms with van der Waals surface area (Å²) in [4.78, 5) is 0. The molecule has 1 unspecified atom stereocenters. The molecule has 0 aliphatic rings. The van der Waals surface area contributed by atoms with Gasteiger partial charge < -0.3 is 14.9 Å². The molecule has 0 saturated heterocycles. The van der Waals surface area contributed by atoms with Crippen molar-refractivity contribution in [2.24, 2.45) is 5.73 Å². The fourth-order valence-corrected chi connectivity index (χ4v) is 2.20. The van der Waals surface area contributed by atoms with Crippen molar-refractivity contribution in [2.45, 2.75) is 6.04 Å². The lowest BCUT2D eigenvalue weighted by molar-refractivity contribution is 0.275. The molecule has 102 valence electrons. The second kappa shape index (κ2) is 5.57. The van der Waals surface area contributed by atoms with Gasteiger partial charge in [-0.1, -0.05) is 41.9 Å². The number of benzene rings is 2. The van der Waals surface area contributed by atoms with E-state index in [1.165, 1.54) is 0 Å². The van der Waals surface area contributed by atoms with Crippen LogP contribution in [0.4, 0.5) is 0 Å². The van der Waals surface area contributed by atoms with Crippen LogP contribution in [-0.2, 0) is 0 Å². The number of furan rings is 1. The van der Waals surface area contributed by atoms with Gasteiger partial charge in [0.15, 0.2) is 0 Å². The quantitative estimate of drug-likeness (QED) is 0.783. The molecule has 0 bridgehead atoms. The lowest BCUT2D eigenvalue weighted by Crippen LogP contribution is -2.18. The molecule has 3 aromatic rings. The van der Waals surface area contributed by atoms with Crippen LogP contribution in [-0.4, -0.2) is 6.61 Å². The van der Waals surface area contributed by atoms with Gasteiger partial charge in [0, 0.05) is 5.39 Å². The first-order valence-electron chi connectivity index (χ1n) is 6.35. The van der Waals surface area contributed by atoms with Gasteiger partial charge in [0.25, 0.3) is 0 Å². The van der Waals surface area contributed by atoms with E-state index in [2.05, 4.69) is 0 Å². The number of ether oxygens (including phenoxy) is 1. The molecule has 0 amide bonds. The van der Waals surface area contributed by atoms with Gasteiger partial charge in [0.2, 0.25) is 0 Å². The van der Waals surface area contributed by atoms with E-state index in [1.807, 2.05) is 48.5 Å². The summed E-state index contributed by atoms with van der Waals surface area (Å²) in [5.41, 5.74) is 6.92. The van der Waals surface area contributed by atoms with E-state index in [1.54, 1.807) is 6.07 Å². The van der Waals surface area contributed by atoms with E-state index >= 15 is 0 Å². The van der Waals surface area contributed by atoms with E-state index < -0.39 is 0 Å². The first-order valence-corrected chi connectivity index (χ1v) is 6.73. The van der Waals surface area contributed by atoms with Crippen LogP contribution < -0.4 is 10.5 Å². The molecular weight excluding hydrogens is 274 g/mol. The Hall–Kier alpha value is -1.97. The predicted octanol–water partition coefficient (Wildman–Crippen LogP) is 4.17. The largest absolute Gasteiger partial charge is 0.490 e. The Morgan fingerprint density at radius 1 is 1.10 bits per heavy atom. The Morgan fingerprint density at radius 2 is 1.85 bits per heavy atom. The molecule has 2 aromatic carbocycles. The van der Waals surface area contributed by atoms with Gasteiger partial charge >= 0.3 is 0 Å². The SMILES string of the molecule is NC(COc1ccccc1Cl)c1cc2ccccc2o1. The van der Waals surface area contributed by atoms with Crippen molar-refractivity contribution in [3.8, 4) is 5.75 Å². The summed E-state index contributed by atoms with van der Waals surface area (Å²) in [6.45, 7) is 0.309. The third kappa shape index (κ3) is 2.64. The lowest BCUT2D eigenvalue weighted by Gasteiger charge is -2.11. The topological polar surface area (TPSA) is 48.4 Å². The third-order valence-corrected chi connectivity index (χ3v) is 3.38. The lowest BCUT2D eigenvalue weighted by atomic mass is 10.2. The van der Waals surface area contributed by atoms with Crippen molar-refractivity contribution in [3.63, 3.8) is 0 Å². The smallest absolute Gasteiger partial charge is 0.137 e. The maximum atomic E-state index is 6.09. The van der Waals surface area contributed by atoms with Gasteiger partial charge in [-0.3, -0.25) is 0 Å². The van der Waals surface area contributed by atoms with Crippen LogP contribution in [0.3, 0.4) is 0 Å². The molecule has 0 saturated carbocycles. The highest BCUT2D eigenvalue weighted by molar-refractivity contribution is 6.32. The van der Waals surface area contributed by atoms with Crippen molar-refractivity contribution in [3.05, 3.63) is 65.4 Å². The summed E-state index contributed by atoms with van der Waals surface area (Å²) in [5, 5.41) is 1.61. The number of rotatable bonds is 4. The minimum atomic E-state index is -0.335. The zero-order chi connectivity index (χ0) is 13.9. The molecule has 4 heteroatoms. The molecule has 20 heavy (non-hydrogen) atoms. The number of fused-ring (bicyclic) bond motifs is 1. The highest BCUT2D eigenvalue weighted by Gasteiger charge is 2.13. The second-order valence-corrected chi connectivity index (χ2v) is 4.94. The fourth-order valence-electron chi connectivity index (χ4n) is 2.01. The van der Waals surface area contributed by atoms with E-state index in [-0.39, 0.29) is 6.04 Å². The summed E-state index contributed by atoms with van der Waals surface area (Å²) < 4.78 is 11.3. The monoisotopic (exact) mass is 287 g/mol. The highest BCUT2D eigenvalue weighted by atomic mass is 35.5. The minimum Gasteiger partial charge on any atom is -0.490 e. The van der Waals surface area contributed by atoms with Crippen LogP contribution in [0.1, 0.15) is 11.8 Å². The maximum absolute atomic E-state index is 6.09. The highest BCUT2D eigenvalue weighted by Crippen LogP contribution is 2.26. The van der Waals surface area contributed by atoms with E-state index in [0.29, 0.717) is 23.1 Å². The van der Waals surface area contributed by atoms with Gasteiger partial charge in [0.05, 0.1) is 11.1 Å². The normalized spacial score (nSPS) is 12.5. The number of halogens is 1. The van der Waals surface area contributed by atoms with Gasteiger partial charge in [-0.2, -0.15) is 0 Å². The maximum Gasteiger partial charge on any atom is 0.137 e. The van der Waals surface area contributed by atoms with E-state index in [9.17, 15) is 0 Å². The zero-order valence-corrected chi connectivity index (χ0v) is 11.5. The fraction of sp³-hybridized carbons (Fsp3) is 0.125. The molecule has 1 aromatic heterocycles. The predicted molar refractivity (Wildman–Crippen MR) is 80.1 cm³/mol. The molecule has 1 atom stereocenters. The van der Waals surface area contributed by atoms with Gasteiger partial charge in [-0.25, -0.2) is 0 Å². The zero-order valence-electron chi connectivity index (χ0n) is 10.8. The van der Waals surface area contributed by atoms with Gasteiger partial charge in [-0.05, 0) is 24.3 Å². The van der Waals surface area contributed by atoms with Crippen molar-refractivity contribution in [1.82, 2.24) is 0 Å². The van der Waals surface area contributed by atoms with Gasteiger partial charge in [-0.15, -0.1) is 0 Å². The average molecular weight is 288 g/mol. The second-order valence-electron chi connectivity index (χ2n) is 4.53. The van der Waals surface area contributed by atoms with Crippen molar-refractivity contribution < 1.29 is 9.15 Å². The first kappa shape index (κ1) is 13.0. The van der Waals surface area contributed by atoms with Crippen LogP contribution in [0, 0.1) is 0 Å². The Morgan fingerprint density at radius 3 is 2.65 bits per heavy atom. The average Bonchev–Trinajstić information content (AvgIpc) is 2.90. The standard InChI is InChI=1S/C16H14ClNO2/c17-12-6-2-4-8-15(12)19-10-13(18)16-9-11-5-1-3-7-14(11)20-16/h1-9,13H,10,18H2. The first-order chi connectivity index (χ1) is 9.74. The summed E-state index contributed by atoms with van der Waals surface area (Å²) >= 11 is 6.03. The van der Waals surface area contributed by atoms with Crippen LogP contribution in [0.2, 0.25) is 5.02 Å². The van der Waals surface area contributed by atoms with Crippen LogP contribution in [0.25, 0.3) is 11.0 Å². The van der Waals surface area contributed by atoms with E-state index in [4.69, 9.17) is 26.5 Å². The molecule has 2 N–H and O–H groups in total. The molecule has 3 nitrogen and oxygen atoms in total. The molecule has 0 radical (unpaired) electrons. The molecular formula is C16H14ClNO2. The van der Waals surface area contributed by atoms with Crippen LogP contribution in [0.5, 0.6) is 5.75 Å². The van der Waals surface area contributed by atoms with Crippen LogP contribution in [0.15, 0.2) is 59.0 Å². The Labute approximate surface area is 121 Å². The third-order valence-electron chi connectivity index (χ3n) is 3.07. The Kier molecular flexibility index (Phi) is 3.63. The van der Waals surface area contributed by atoms with E-state index in [0.717, 1.165) is 11.0 Å². The molecule has 3 rings (SSSR count). The minimum absolute atomic E-state index is 0.309. The number of hydrogen-bond acceptors (Lipinski definition) is 3. The summed E-state index contributed by atoms with van der Waals surface area (Å²) in [6.07, 6.45) is 0. The van der Waals surface area contributed by atoms with Crippen molar-refractivity contribution >= 4 is 22.6 Å². The van der Waals surface area contributed by atoms with Crippen molar-refractivity contribution in [1.29, 1.82) is 0 Å². The summed E-state index contributed by atoms with van der Waals surface area (Å²) in [6, 6.07) is 16.7. The Bertz CT molecular complexity index is 690. The molecule has 0 fully saturated rings. The number of para-hydroxylation sites is 2. The summed E-state index contributed by atoms with van der Waals surface area (Å²) in [7, 11) is 0. The van der Waals surface area contributed by atoms with Gasteiger partial charge in [0.1, 0.15) is 23.7 Å². The Balaban J connectivity index is 1.73. The number of hydrogen-bond donors (Lipinski definition) is 1. The molecule has 0 spiro atoms. The molecule has 1 heterocycles. The molecule has 0 aliphatic carbocycles. The molecule has 0 aliphatic heterocycles. The summed E-state index contributed by atoms with van der Waals surface area (Å²) in [5.74, 6) is 1.33. The van der Waals surface area contributed by atoms with Crippen LogP contribution >= 0.6 is 11.6 Å². The van der Waals surface area contributed by atoms with Crippen molar-refractivity contribution in [2.75, 3.05) is 6.61 Å². The number of nitrogens with two attached hydrogens (primary N) is 1.